The first kappa shape index (κ1) is 11.2. The lowest BCUT2D eigenvalue weighted by Crippen LogP contribution is -2.39. The van der Waals surface area contributed by atoms with Gasteiger partial charge in [0.2, 0.25) is 0 Å². The number of nitrogens with zero attached hydrogens (tertiary/aromatic N) is 1. The molecule has 0 aliphatic heterocycles. The Kier molecular flexibility index (Phi) is 4.10. The molecule has 0 aliphatic rings. The molecule has 0 saturated heterocycles. The number of aliphatic hydroxyl groups is 1. The van der Waals surface area contributed by atoms with Crippen LogP contribution in [0.1, 0.15) is 32.4 Å². The molecule has 0 aromatic carbocycles. The molecular weight excluding hydrogens is 180 g/mol. The fraction of sp³-hybridized carbons (Fsp3) is 0.700. The van der Waals surface area contributed by atoms with Gasteiger partial charge in [0.25, 0.3) is 0 Å². The number of rotatable bonds is 6. The van der Waals surface area contributed by atoms with Crippen molar-refractivity contribution in [1.82, 2.24) is 10.5 Å². The van der Waals surface area contributed by atoms with Crippen LogP contribution in [-0.4, -0.2) is 22.4 Å². The Labute approximate surface area is 84.3 Å². The molecule has 1 aromatic heterocycles. The molecule has 0 amide bonds. The molecule has 0 atom stereocenters. The van der Waals surface area contributed by atoms with Gasteiger partial charge in [-0.15, -0.1) is 0 Å². The van der Waals surface area contributed by atoms with Crippen molar-refractivity contribution in [2.75, 3.05) is 6.54 Å². The summed E-state index contributed by atoms with van der Waals surface area (Å²) in [5.74, 6) is 0.791. The summed E-state index contributed by atoms with van der Waals surface area (Å²) in [6.45, 7) is 5.17. The van der Waals surface area contributed by atoms with Gasteiger partial charge in [0.1, 0.15) is 5.76 Å². The summed E-state index contributed by atoms with van der Waals surface area (Å²) in [4.78, 5) is 0. The third-order valence-electron chi connectivity index (χ3n) is 2.56. The van der Waals surface area contributed by atoms with Crippen LogP contribution in [0.25, 0.3) is 0 Å². The number of nitrogens with one attached hydrogen (secondary N) is 1. The summed E-state index contributed by atoms with van der Waals surface area (Å²) in [5, 5.41) is 16.7. The van der Waals surface area contributed by atoms with Gasteiger partial charge in [-0.3, -0.25) is 0 Å². The molecule has 0 unspecified atom stereocenters. The minimum Gasteiger partial charge on any atom is -0.389 e. The van der Waals surface area contributed by atoms with E-state index in [0.29, 0.717) is 13.1 Å². The first-order valence-corrected chi connectivity index (χ1v) is 5.03. The fourth-order valence-electron chi connectivity index (χ4n) is 1.25. The molecule has 0 radical (unpaired) electrons. The van der Waals surface area contributed by atoms with Gasteiger partial charge in [-0.25, -0.2) is 0 Å². The summed E-state index contributed by atoms with van der Waals surface area (Å²) in [6, 6.07) is 1.81. The fourth-order valence-corrected chi connectivity index (χ4v) is 1.25. The minimum atomic E-state index is -0.597. The average Bonchev–Trinajstić information content (AvgIpc) is 2.70. The standard InChI is InChI=1S/C10H18N2O2/c1-3-10(13,4-2)8-11-7-9-5-6-12-14-9/h5-6,11,13H,3-4,7-8H2,1-2H3. The van der Waals surface area contributed by atoms with Gasteiger partial charge in [0.05, 0.1) is 18.3 Å². The van der Waals surface area contributed by atoms with E-state index in [1.165, 1.54) is 0 Å². The van der Waals surface area contributed by atoms with Crippen molar-refractivity contribution in [2.24, 2.45) is 0 Å². The lowest BCUT2D eigenvalue weighted by molar-refractivity contribution is 0.0318. The minimum absolute atomic E-state index is 0.584. The first-order chi connectivity index (χ1) is 6.70. The predicted octanol–water partition coefficient (Wildman–Crippen LogP) is 1.32. The molecule has 0 fully saturated rings. The van der Waals surface area contributed by atoms with Crippen molar-refractivity contribution in [3.63, 3.8) is 0 Å². The van der Waals surface area contributed by atoms with Crippen molar-refractivity contribution in [2.45, 2.75) is 38.8 Å². The van der Waals surface area contributed by atoms with E-state index in [0.717, 1.165) is 18.6 Å². The van der Waals surface area contributed by atoms with Crippen molar-refractivity contribution in [1.29, 1.82) is 0 Å². The highest BCUT2D eigenvalue weighted by molar-refractivity contribution is 4.92. The van der Waals surface area contributed by atoms with E-state index >= 15 is 0 Å². The van der Waals surface area contributed by atoms with Crippen molar-refractivity contribution in [3.05, 3.63) is 18.0 Å². The molecule has 2 N–H and O–H groups in total. The van der Waals surface area contributed by atoms with Crippen LogP contribution in [0.4, 0.5) is 0 Å². The van der Waals surface area contributed by atoms with E-state index < -0.39 is 5.60 Å². The smallest absolute Gasteiger partial charge is 0.150 e. The SMILES string of the molecule is CCC(O)(CC)CNCc1ccno1. The van der Waals surface area contributed by atoms with Gasteiger partial charge >= 0.3 is 0 Å². The maximum Gasteiger partial charge on any atom is 0.150 e. The van der Waals surface area contributed by atoms with Gasteiger partial charge in [0, 0.05) is 12.6 Å². The van der Waals surface area contributed by atoms with Crippen LogP contribution in [0.15, 0.2) is 16.8 Å². The Balaban J connectivity index is 2.27. The van der Waals surface area contributed by atoms with E-state index in [1.54, 1.807) is 6.20 Å². The summed E-state index contributed by atoms with van der Waals surface area (Å²) >= 11 is 0. The highest BCUT2D eigenvalue weighted by Gasteiger charge is 2.21. The van der Waals surface area contributed by atoms with Crippen LogP contribution in [0.2, 0.25) is 0 Å². The molecule has 0 bridgehead atoms. The lowest BCUT2D eigenvalue weighted by atomic mass is 9.98. The Morgan fingerprint density at radius 3 is 2.71 bits per heavy atom. The first-order valence-electron chi connectivity index (χ1n) is 5.03. The molecule has 4 heteroatoms. The second kappa shape index (κ2) is 5.12. The third-order valence-corrected chi connectivity index (χ3v) is 2.56. The van der Waals surface area contributed by atoms with Gasteiger partial charge in [-0.05, 0) is 12.8 Å². The largest absolute Gasteiger partial charge is 0.389 e. The van der Waals surface area contributed by atoms with E-state index in [9.17, 15) is 5.11 Å². The van der Waals surface area contributed by atoms with Crippen LogP contribution >= 0.6 is 0 Å². The molecule has 1 heterocycles. The van der Waals surface area contributed by atoms with Crippen LogP contribution in [0, 0.1) is 0 Å². The van der Waals surface area contributed by atoms with Gasteiger partial charge in [-0.1, -0.05) is 19.0 Å². The lowest BCUT2D eigenvalue weighted by Gasteiger charge is -2.25. The zero-order chi connectivity index (χ0) is 10.4. The Morgan fingerprint density at radius 2 is 2.21 bits per heavy atom. The number of hydrogen-bond acceptors (Lipinski definition) is 4. The van der Waals surface area contributed by atoms with Crippen LogP contribution in [-0.2, 0) is 6.54 Å². The summed E-state index contributed by atoms with van der Waals surface area (Å²) in [7, 11) is 0. The monoisotopic (exact) mass is 198 g/mol. The molecule has 4 nitrogen and oxygen atoms in total. The van der Waals surface area contributed by atoms with E-state index in [-0.39, 0.29) is 0 Å². The second-order valence-corrected chi connectivity index (χ2v) is 3.51. The van der Waals surface area contributed by atoms with Gasteiger partial charge in [-0.2, -0.15) is 0 Å². The van der Waals surface area contributed by atoms with E-state index in [2.05, 4.69) is 10.5 Å². The van der Waals surface area contributed by atoms with Gasteiger partial charge in [0.15, 0.2) is 0 Å². The Bertz CT molecular complexity index is 243. The molecular formula is C10H18N2O2. The van der Waals surface area contributed by atoms with Crippen molar-refractivity contribution < 1.29 is 9.63 Å². The summed E-state index contributed by atoms with van der Waals surface area (Å²) in [5.41, 5.74) is -0.597. The van der Waals surface area contributed by atoms with Crippen molar-refractivity contribution >= 4 is 0 Å². The zero-order valence-electron chi connectivity index (χ0n) is 8.79. The number of aromatic nitrogens is 1. The third kappa shape index (κ3) is 3.12. The molecule has 0 spiro atoms. The maximum absolute atomic E-state index is 9.95. The molecule has 14 heavy (non-hydrogen) atoms. The molecule has 1 rings (SSSR count). The predicted molar refractivity (Wildman–Crippen MR) is 53.7 cm³/mol. The molecule has 80 valence electrons. The average molecular weight is 198 g/mol. The van der Waals surface area contributed by atoms with Crippen molar-refractivity contribution in [3.8, 4) is 0 Å². The highest BCUT2D eigenvalue weighted by atomic mass is 16.5. The van der Waals surface area contributed by atoms with E-state index in [4.69, 9.17) is 4.52 Å². The second-order valence-electron chi connectivity index (χ2n) is 3.51. The normalized spacial score (nSPS) is 11.9. The molecule has 0 saturated carbocycles. The number of hydrogen-bond donors (Lipinski definition) is 2. The molecule has 0 aliphatic carbocycles. The van der Waals surface area contributed by atoms with Gasteiger partial charge < -0.3 is 14.9 Å². The van der Waals surface area contributed by atoms with Crippen LogP contribution in [0.3, 0.4) is 0 Å². The quantitative estimate of drug-likeness (QED) is 0.723. The van der Waals surface area contributed by atoms with E-state index in [1.807, 2.05) is 19.9 Å². The Hall–Kier alpha value is -0.870. The maximum atomic E-state index is 9.95. The van der Waals surface area contributed by atoms with Crippen LogP contribution < -0.4 is 5.32 Å². The summed E-state index contributed by atoms with van der Waals surface area (Å²) in [6.07, 6.45) is 3.13. The molecule has 1 aromatic rings. The van der Waals surface area contributed by atoms with Crippen LogP contribution in [0.5, 0.6) is 0 Å². The highest BCUT2D eigenvalue weighted by Crippen LogP contribution is 2.12. The Morgan fingerprint density at radius 1 is 1.50 bits per heavy atom. The topological polar surface area (TPSA) is 58.3 Å². The summed E-state index contributed by atoms with van der Waals surface area (Å²) < 4.78 is 4.92. The zero-order valence-corrected chi connectivity index (χ0v) is 8.79.